The molecule has 1 amide bonds. The zero-order chi connectivity index (χ0) is 16.2. The van der Waals surface area contributed by atoms with Crippen molar-refractivity contribution >= 4 is 17.9 Å². The van der Waals surface area contributed by atoms with Gasteiger partial charge in [0, 0.05) is 30.4 Å². The van der Waals surface area contributed by atoms with Crippen molar-refractivity contribution in [2.24, 2.45) is 0 Å². The molecule has 4 nitrogen and oxygen atoms in total. The standard InChI is InChI=1S/C17H32N2O2S/c1-16(2,3)21-15(20)19-11-7-8-14(19)12-18-13-17(22-4)9-5-6-10-17/h14,18H,5-13H2,1-4H3. The lowest BCUT2D eigenvalue weighted by Crippen LogP contribution is -2.46. The molecule has 2 fully saturated rings. The topological polar surface area (TPSA) is 41.6 Å². The molecule has 1 saturated heterocycles. The molecule has 0 aromatic carbocycles. The summed E-state index contributed by atoms with van der Waals surface area (Å²) >= 11 is 2.01. The highest BCUT2D eigenvalue weighted by atomic mass is 32.2. The van der Waals surface area contributed by atoms with Gasteiger partial charge in [0.15, 0.2) is 0 Å². The Bertz CT molecular complexity index is 375. The van der Waals surface area contributed by atoms with E-state index in [1.54, 1.807) is 0 Å². The summed E-state index contributed by atoms with van der Waals surface area (Å²) in [4.78, 5) is 14.2. The molecule has 1 aliphatic heterocycles. The molecule has 1 unspecified atom stereocenters. The van der Waals surface area contributed by atoms with Crippen LogP contribution in [-0.4, -0.2) is 53.3 Å². The fourth-order valence-corrected chi connectivity index (χ4v) is 4.49. The second-order valence-corrected chi connectivity index (χ2v) is 8.97. The van der Waals surface area contributed by atoms with Crippen LogP contribution >= 0.6 is 11.8 Å². The molecule has 1 heterocycles. The van der Waals surface area contributed by atoms with Gasteiger partial charge in [0.05, 0.1) is 0 Å². The normalized spacial score (nSPS) is 24.7. The number of likely N-dealkylation sites (tertiary alicyclic amines) is 1. The predicted molar refractivity (Wildman–Crippen MR) is 93.5 cm³/mol. The van der Waals surface area contributed by atoms with Crippen LogP contribution in [0.15, 0.2) is 0 Å². The van der Waals surface area contributed by atoms with Crippen LogP contribution in [0.5, 0.6) is 0 Å². The number of amides is 1. The number of rotatable bonds is 5. The molecular weight excluding hydrogens is 296 g/mol. The van der Waals surface area contributed by atoms with Gasteiger partial charge >= 0.3 is 6.09 Å². The maximum Gasteiger partial charge on any atom is 0.410 e. The molecule has 1 aliphatic carbocycles. The van der Waals surface area contributed by atoms with Crippen molar-refractivity contribution in [2.45, 2.75) is 75.7 Å². The number of carbonyl (C=O) groups excluding carboxylic acids is 1. The first-order valence-corrected chi connectivity index (χ1v) is 9.83. The van der Waals surface area contributed by atoms with E-state index in [-0.39, 0.29) is 12.1 Å². The van der Waals surface area contributed by atoms with Gasteiger partial charge in [-0.05, 0) is 52.7 Å². The summed E-state index contributed by atoms with van der Waals surface area (Å²) in [7, 11) is 0. The first-order valence-electron chi connectivity index (χ1n) is 8.61. The summed E-state index contributed by atoms with van der Waals surface area (Å²) < 4.78 is 5.95. The lowest BCUT2D eigenvalue weighted by atomic mass is 10.1. The SMILES string of the molecule is CSC1(CNCC2CCCN2C(=O)OC(C)(C)C)CCCC1. The number of nitrogens with one attached hydrogen (secondary N) is 1. The molecule has 0 aromatic heterocycles. The third-order valence-electron chi connectivity index (χ3n) is 4.78. The van der Waals surface area contributed by atoms with E-state index in [1.165, 1.54) is 25.7 Å². The summed E-state index contributed by atoms with van der Waals surface area (Å²) in [5, 5.41) is 3.64. The molecule has 0 radical (unpaired) electrons. The van der Waals surface area contributed by atoms with Crippen LogP contribution in [0.25, 0.3) is 0 Å². The number of carbonyl (C=O) groups is 1. The van der Waals surface area contributed by atoms with Crippen molar-refractivity contribution in [1.29, 1.82) is 0 Å². The van der Waals surface area contributed by atoms with Gasteiger partial charge in [0.2, 0.25) is 0 Å². The molecule has 0 spiro atoms. The van der Waals surface area contributed by atoms with Gasteiger partial charge in [-0.1, -0.05) is 12.8 Å². The van der Waals surface area contributed by atoms with Crippen molar-refractivity contribution in [3.05, 3.63) is 0 Å². The molecule has 1 atom stereocenters. The molecule has 1 N–H and O–H groups in total. The van der Waals surface area contributed by atoms with Gasteiger partial charge in [0.1, 0.15) is 5.60 Å². The predicted octanol–water partition coefficient (Wildman–Crippen LogP) is 3.65. The highest BCUT2D eigenvalue weighted by molar-refractivity contribution is 8.00. The number of hydrogen-bond acceptors (Lipinski definition) is 4. The third-order valence-corrected chi connectivity index (χ3v) is 6.20. The van der Waals surface area contributed by atoms with Crippen LogP contribution in [0.1, 0.15) is 59.3 Å². The average Bonchev–Trinajstić information content (AvgIpc) is 3.06. The Kier molecular flexibility index (Phi) is 6.06. The first kappa shape index (κ1) is 17.9. The van der Waals surface area contributed by atoms with E-state index in [0.29, 0.717) is 4.75 Å². The highest BCUT2D eigenvalue weighted by Gasteiger charge is 2.35. The molecule has 22 heavy (non-hydrogen) atoms. The summed E-state index contributed by atoms with van der Waals surface area (Å²) in [6, 6.07) is 0.287. The van der Waals surface area contributed by atoms with Gasteiger partial charge in [0.25, 0.3) is 0 Å². The van der Waals surface area contributed by atoms with Crippen molar-refractivity contribution in [3.63, 3.8) is 0 Å². The average molecular weight is 329 g/mol. The van der Waals surface area contributed by atoms with E-state index < -0.39 is 5.60 Å². The van der Waals surface area contributed by atoms with E-state index in [1.807, 2.05) is 37.4 Å². The highest BCUT2D eigenvalue weighted by Crippen LogP contribution is 2.39. The summed E-state index contributed by atoms with van der Waals surface area (Å²) in [5.74, 6) is 0. The molecular formula is C17H32N2O2S. The Morgan fingerprint density at radius 2 is 2.00 bits per heavy atom. The van der Waals surface area contributed by atoms with Crippen LogP contribution in [-0.2, 0) is 4.74 Å². The zero-order valence-electron chi connectivity index (χ0n) is 14.6. The second-order valence-electron chi connectivity index (χ2n) is 7.69. The Morgan fingerprint density at radius 1 is 1.32 bits per heavy atom. The number of thioether (sulfide) groups is 1. The quantitative estimate of drug-likeness (QED) is 0.836. The van der Waals surface area contributed by atoms with Crippen LogP contribution < -0.4 is 5.32 Å². The Labute approximate surface area is 139 Å². The Hall–Kier alpha value is -0.420. The monoisotopic (exact) mass is 328 g/mol. The largest absolute Gasteiger partial charge is 0.444 e. The van der Waals surface area contributed by atoms with Crippen molar-refractivity contribution in [2.75, 3.05) is 25.9 Å². The number of hydrogen-bond donors (Lipinski definition) is 1. The third kappa shape index (κ3) is 4.79. The fourth-order valence-electron chi connectivity index (χ4n) is 3.55. The molecule has 128 valence electrons. The smallest absolute Gasteiger partial charge is 0.410 e. The zero-order valence-corrected chi connectivity index (χ0v) is 15.4. The van der Waals surface area contributed by atoms with E-state index in [4.69, 9.17) is 4.74 Å². The van der Waals surface area contributed by atoms with Gasteiger partial charge in [-0.2, -0.15) is 11.8 Å². The molecule has 2 aliphatic rings. The molecule has 5 heteroatoms. The van der Waals surface area contributed by atoms with Gasteiger partial charge in [-0.15, -0.1) is 0 Å². The van der Waals surface area contributed by atoms with Crippen LogP contribution in [0.2, 0.25) is 0 Å². The second kappa shape index (κ2) is 7.43. The van der Waals surface area contributed by atoms with Gasteiger partial charge in [-0.3, -0.25) is 0 Å². The van der Waals surface area contributed by atoms with Crippen molar-refractivity contribution in [3.8, 4) is 0 Å². The van der Waals surface area contributed by atoms with Gasteiger partial charge < -0.3 is 15.0 Å². The molecule has 0 aromatic rings. The van der Waals surface area contributed by atoms with Crippen LogP contribution in [0.3, 0.4) is 0 Å². The van der Waals surface area contributed by atoms with E-state index in [0.717, 1.165) is 32.5 Å². The number of nitrogens with zero attached hydrogens (tertiary/aromatic N) is 1. The first-order chi connectivity index (χ1) is 10.4. The van der Waals surface area contributed by atoms with Crippen molar-refractivity contribution < 1.29 is 9.53 Å². The molecule has 2 rings (SSSR count). The summed E-state index contributed by atoms with van der Waals surface area (Å²) in [5.41, 5.74) is -0.412. The maximum atomic E-state index is 12.3. The maximum absolute atomic E-state index is 12.3. The molecule has 0 bridgehead atoms. The van der Waals surface area contributed by atoms with Crippen molar-refractivity contribution in [1.82, 2.24) is 10.2 Å². The minimum atomic E-state index is -0.412. The summed E-state index contributed by atoms with van der Waals surface area (Å²) in [6.07, 6.45) is 9.60. The lowest BCUT2D eigenvalue weighted by Gasteiger charge is -2.31. The number of ether oxygens (including phenoxy) is 1. The van der Waals surface area contributed by atoms with E-state index >= 15 is 0 Å². The fraction of sp³-hybridized carbons (Fsp3) is 0.941. The van der Waals surface area contributed by atoms with E-state index in [9.17, 15) is 4.79 Å². The van der Waals surface area contributed by atoms with Crippen LogP contribution in [0, 0.1) is 0 Å². The lowest BCUT2D eigenvalue weighted by molar-refractivity contribution is 0.0226. The Balaban J connectivity index is 1.80. The van der Waals surface area contributed by atoms with E-state index in [2.05, 4.69) is 11.6 Å². The minimum Gasteiger partial charge on any atom is -0.444 e. The molecule has 1 saturated carbocycles. The Morgan fingerprint density at radius 3 is 2.59 bits per heavy atom. The minimum absolute atomic E-state index is 0.155. The summed E-state index contributed by atoms with van der Waals surface area (Å²) in [6.45, 7) is 8.56. The van der Waals surface area contributed by atoms with Crippen LogP contribution in [0.4, 0.5) is 4.79 Å². The van der Waals surface area contributed by atoms with Gasteiger partial charge in [-0.25, -0.2) is 4.79 Å².